The molecule has 238 valence electrons. The molecule has 2 amide bonds. The number of nitrogens with one attached hydrogen (secondary N) is 4. The fraction of sp³-hybridized carbons (Fsp3) is 0.286. The Labute approximate surface area is 270 Å². The first-order valence-corrected chi connectivity index (χ1v) is 15.9. The highest BCUT2D eigenvalue weighted by molar-refractivity contribution is 5.90. The lowest BCUT2D eigenvalue weighted by atomic mass is 10.1. The highest BCUT2D eigenvalue weighted by Gasteiger charge is 2.37. The number of alkyl carbamates (subject to hydrolysis) is 1. The molecule has 4 N–H and O–H groups in total. The number of benzene rings is 3. The Hall–Kier alpha value is -5.49. The number of fused-ring (bicyclic) bond motifs is 2. The summed E-state index contributed by atoms with van der Waals surface area (Å²) in [6.07, 6.45) is 4.83. The number of likely N-dealkylation sites (tertiary alicyclic amines) is 1. The number of nitrogens with zero attached hydrogens (tertiary/aromatic N) is 4. The Bertz CT molecular complexity index is 2080. The van der Waals surface area contributed by atoms with Gasteiger partial charge in [0.25, 0.3) is 5.91 Å². The van der Waals surface area contributed by atoms with E-state index in [1.165, 1.54) is 7.11 Å². The van der Waals surface area contributed by atoms with Crippen molar-refractivity contribution in [3.8, 4) is 22.8 Å². The van der Waals surface area contributed by atoms with Crippen LogP contribution in [0.25, 0.3) is 44.8 Å². The van der Waals surface area contributed by atoms with Crippen LogP contribution >= 0.6 is 0 Å². The van der Waals surface area contributed by atoms with Gasteiger partial charge in [0.05, 0.1) is 47.5 Å². The van der Waals surface area contributed by atoms with Crippen LogP contribution in [0.4, 0.5) is 4.79 Å². The smallest absolute Gasteiger partial charge is 0.407 e. The predicted molar refractivity (Wildman–Crippen MR) is 175 cm³/mol. The Morgan fingerprint density at radius 3 is 2.68 bits per heavy atom. The third-order valence-corrected chi connectivity index (χ3v) is 9.12. The van der Waals surface area contributed by atoms with Crippen molar-refractivity contribution in [2.75, 3.05) is 20.2 Å². The van der Waals surface area contributed by atoms with E-state index in [9.17, 15) is 9.59 Å². The molecule has 47 heavy (non-hydrogen) atoms. The van der Waals surface area contributed by atoms with Crippen molar-refractivity contribution in [1.82, 2.24) is 40.5 Å². The lowest BCUT2D eigenvalue weighted by molar-refractivity contribution is -0.134. The van der Waals surface area contributed by atoms with Crippen molar-refractivity contribution >= 4 is 34.1 Å². The normalized spacial score (nSPS) is 18.6. The van der Waals surface area contributed by atoms with Crippen LogP contribution in [-0.2, 0) is 9.53 Å². The summed E-state index contributed by atoms with van der Waals surface area (Å²) in [5.74, 6) is 2.55. The van der Waals surface area contributed by atoms with Crippen molar-refractivity contribution in [2.45, 2.75) is 43.8 Å². The van der Waals surface area contributed by atoms with Crippen LogP contribution in [0.1, 0.15) is 61.0 Å². The van der Waals surface area contributed by atoms with Gasteiger partial charge in [-0.1, -0.05) is 36.4 Å². The molecular formula is C35H34N8O4. The van der Waals surface area contributed by atoms with Crippen LogP contribution in [-0.4, -0.2) is 62.0 Å². The largest absolute Gasteiger partial charge is 0.453 e. The number of ether oxygens (including phenoxy) is 1. The molecule has 12 heteroatoms. The molecule has 2 aliphatic rings. The van der Waals surface area contributed by atoms with Gasteiger partial charge in [0, 0.05) is 12.1 Å². The number of hydrogen-bond acceptors (Lipinski definition) is 8. The van der Waals surface area contributed by atoms with E-state index in [0.29, 0.717) is 29.6 Å². The lowest BCUT2D eigenvalue weighted by Gasteiger charge is -2.28. The quantitative estimate of drug-likeness (QED) is 0.169. The molecule has 0 spiro atoms. The van der Waals surface area contributed by atoms with Gasteiger partial charge < -0.3 is 34.7 Å². The zero-order valence-electron chi connectivity index (χ0n) is 25.8. The molecule has 2 aliphatic heterocycles. The molecule has 12 nitrogen and oxygen atoms in total. The molecular weight excluding hydrogens is 596 g/mol. The zero-order chi connectivity index (χ0) is 31.9. The maximum absolute atomic E-state index is 13.9. The fourth-order valence-corrected chi connectivity index (χ4v) is 6.77. The lowest BCUT2D eigenvalue weighted by Crippen LogP contribution is -2.42. The maximum atomic E-state index is 13.9. The van der Waals surface area contributed by atoms with E-state index < -0.39 is 12.1 Å². The molecule has 0 bridgehead atoms. The van der Waals surface area contributed by atoms with Gasteiger partial charge in [-0.05, 0) is 68.1 Å². The molecule has 3 atom stereocenters. The van der Waals surface area contributed by atoms with E-state index in [1.54, 1.807) is 11.1 Å². The van der Waals surface area contributed by atoms with Crippen LogP contribution in [0, 0.1) is 0 Å². The van der Waals surface area contributed by atoms with Crippen LogP contribution in [0.3, 0.4) is 0 Å². The van der Waals surface area contributed by atoms with E-state index >= 15 is 0 Å². The molecule has 0 saturated carbocycles. The number of para-hydroxylation sites is 1. The van der Waals surface area contributed by atoms with Crippen molar-refractivity contribution in [2.24, 2.45) is 0 Å². The number of aromatic nitrogens is 5. The summed E-state index contributed by atoms with van der Waals surface area (Å²) in [4.78, 5) is 49.2. The summed E-state index contributed by atoms with van der Waals surface area (Å²) in [5.41, 5.74) is 5.75. The highest BCUT2D eigenvalue weighted by atomic mass is 16.5. The van der Waals surface area contributed by atoms with Crippen LogP contribution in [0.5, 0.6) is 0 Å². The molecule has 0 radical (unpaired) electrons. The molecule has 2 fully saturated rings. The van der Waals surface area contributed by atoms with Crippen molar-refractivity contribution in [3.05, 3.63) is 90.1 Å². The summed E-state index contributed by atoms with van der Waals surface area (Å²) in [5, 5.41) is 6.21. The van der Waals surface area contributed by atoms with E-state index in [1.807, 2.05) is 66.7 Å². The van der Waals surface area contributed by atoms with Gasteiger partial charge in [0.2, 0.25) is 5.89 Å². The predicted octanol–water partition coefficient (Wildman–Crippen LogP) is 5.95. The van der Waals surface area contributed by atoms with Gasteiger partial charge in [0.15, 0.2) is 5.76 Å². The van der Waals surface area contributed by atoms with Crippen molar-refractivity contribution in [1.29, 1.82) is 0 Å². The van der Waals surface area contributed by atoms with Crippen molar-refractivity contribution in [3.63, 3.8) is 0 Å². The number of methoxy groups -OCH3 is 1. The fourth-order valence-electron chi connectivity index (χ4n) is 6.77. The van der Waals surface area contributed by atoms with Gasteiger partial charge >= 0.3 is 6.09 Å². The second-order valence-electron chi connectivity index (χ2n) is 12.0. The van der Waals surface area contributed by atoms with Crippen LogP contribution < -0.4 is 10.6 Å². The molecule has 8 rings (SSSR count). The second-order valence-corrected chi connectivity index (χ2v) is 12.0. The highest BCUT2D eigenvalue weighted by Crippen LogP contribution is 2.36. The molecule has 6 aromatic rings. The average Bonchev–Trinajstić information content (AvgIpc) is 3.95. The van der Waals surface area contributed by atoms with Crippen LogP contribution in [0.15, 0.2) is 77.3 Å². The van der Waals surface area contributed by atoms with Gasteiger partial charge in [-0.3, -0.25) is 4.79 Å². The summed E-state index contributed by atoms with van der Waals surface area (Å²) in [7, 11) is 1.28. The Morgan fingerprint density at radius 1 is 0.979 bits per heavy atom. The molecule has 2 saturated heterocycles. The molecule has 3 aromatic heterocycles. The third kappa shape index (κ3) is 5.40. The topological polar surface area (TPSA) is 154 Å². The number of H-pyrrole nitrogens is 2. The molecule has 3 aromatic carbocycles. The van der Waals surface area contributed by atoms with E-state index in [0.717, 1.165) is 71.2 Å². The minimum Gasteiger partial charge on any atom is -0.453 e. The average molecular weight is 631 g/mol. The Morgan fingerprint density at radius 2 is 1.85 bits per heavy atom. The maximum Gasteiger partial charge on any atom is 0.407 e. The number of carbonyl (C=O) groups excluding carboxylic acids is 2. The Balaban J connectivity index is 1.06. The van der Waals surface area contributed by atoms with Gasteiger partial charge in [-0.2, -0.15) is 0 Å². The number of aromatic amines is 2. The first kappa shape index (κ1) is 28.9. The summed E-state index contributed by atoms with van der Waals surface area (Å²) >= 11 is 0. The first-order chi connectivity index (χ1) is 23.1. The molecule has 5 heterocycles. The minimum atomic E-state index is -0.876. The summed E-state index contributed by atoms with van der Waals surface area (Å²) in [6.45, 7) is 1.56. The first-order valence-electron chi connectivity index (χ1n) is 15.9. The van der Waals surface area contributed by atoms with E-state index in [4.69, 9.17) is 19.1 Å². The number of carbonyl (C=O) groups is 2. The van der Waals surface area contributed by atoms with Crippen LogP contribution in [0.2, 0.25) is 0 Å². The monoisotopic (exact) mass is 630 g/mol. The summed E-state index contributed by atoms with van der Waals surface area (Å²) in [6, 6.07) is 20.2. The standard InChI is InChI=1S/C35H34N8O4/c1-46-35(45)42-29(20-8-3-2-4-9-20)34(44)43-17-7-13-27(43)32-38-23-15-14-21(18-26(23)40-32)28-19-37-33(47-28)22-10-5-11-24-30(22)41-31(39-24)25-12-6-16-36-25/h2-5,8-11,14-15,18-19,25,27,29,36H,6-7,12-13,16-17H2,1H3,(H,38,40)(H,39,41)(H,42,45)/t25-,27-,29+/m0/s1. The molecule has 0 aliphatic carbocycles. The second kappa shape index (κ2) is 12.0. The van der Waals surface area contributed by atoms with E-state index in [-0.39, 0.29) is 18.0 Å². The van der Waals surface area contributed by atoms with E-state index in [2.05, 4.69) is 25.6 Å². The summed E-state index contributed by atoms with van der Waals surface area (Å²) < 4.78 is 11.1. The third-order valence-electron chi connectivity index (χ3n) is 9.12. The minimum absolute atomic E-state index is 0.210. The van der Waals surface area contributed by atoms with Gasteiger partial charge in [-0.15, -0.1) is 0 Å². The Kier molecular flexibility index (Phi) is 7.41. The number of imidazole rings is 2. The van der Waals surface area contributed by atoms with Gasteiger partial charge in [-0.25, -0.2) is 19.7 Å². The SMILES string of the molecule is COC(=O)N[C@@H](C(=O)N1CCC[C@H]1c1nc2cc(-c3cnc(-c4cccc5[nH]c([C@@H]6CCCN6)nc45)o3)ccc2[nH]1)c1ccccc1. The zero-order valence-corrected chi connectivity index (χ0v) is 25.8. The number of amides is 2. The van der Waals surface area contributed by atoms with Gasteiger partial charge in [0.1, 0.15) is 23.2 Å². The van der Waals surface area contributed by atoms with Crippen molar-refractivity contribution < 1.29 is 18.7 Å². The number of hydrogen-bond donors (Lipinski definition) is 4. The number of rotatable bonds is 7. The number of oxazole rings is 1. The molecule has 0 unspecified atom stereocenters.